The van der Waals surface area contributed by atoms with Crippen LogP contribution in [0.25, 0.3) is 0 Å². The summed E-state index contributed by atoms with van der Waals surface area (Å²) < 4.78 is 44.2. The quantitative estimate of drug-likeness (QED) is 0.889. The van der Waals surface area contributed by atoms with Gasteiger partial charge in [-0.25, -0.2) is 0 Å². The van der Waals surface area contributed by atoms with Crippen molar-refractivity contribution in [1.29, 1.82) is 0 Å². The molecule has 0 radical (unpaired) electrons. The van der Waals surface area contributed by atoms with E-state index in [9.17, 15) is 18.0 Å². The maximum absolute atomic E-state index is 12.5. The summed E-state index contributed by atoms with van der Waals surface area (Å²) in [6.07, 6.45) is -5.37. The summed E-state index contributed by atoms with van der Waals surface area (Å²) in [6.45, 7) is 3.77. The summed E-state index contributed by atoms with van der Waals surface area (Å²) in [7, 11) is 0. The van der Waals surface area contributed by atoms with Gasteiger partial charge in [-0.15, -0.1) is 0 Å². The smallest absolute Gasteiger partial charge is 0.377 e. The molecule has 9 heteroatoms. The highest BCUT2D eigenvalue weighted by molar-refractivity contribution is 5.94. The molecule has 0 saturated carbocycles. The largest absolute Gasteiger partial charge is 0.391 e. The number of alkyl halides is 3. The van der Waals surface area contributed by atoms with Crippen molar-refractivity contribution in [3.05, 3.63) is 11.8 Å². The van der Waals surface area contributed by atoms with E-state index < -0.39 is 24.5 Å². The van der Waals surface area contributed by atoms with Crippen molar-refractivity contribution in [2.24, 2.45) is 0 Å². The number of hydrogen-bond acceptors (Lipinski definition) is 4. The summed E-state index contributed by atoms with van der Waals surface area (Å²) in [6, 6.07) is 0.760. The van der Waals surface area contributed by atoms with Gasteiger partial charge in [0, 0.05) is 12.6 Å². The average Bonchev–Trinajstić information content (AvgIpc) is 2.81. The molecule has 2 atom stereocenters. The maximum atomic E-state index is 12.5. The van der Waals surface area contributed by atoms with Gasteiger partial charge in [0.1, 0.15) is 5.69 Å². The van der Waals surface area contributed by atoms with E-state index in [1.807, 2.05) is 11.8 Å². The number of rotatable bonds is 2. The number of ether oxygens (including phenoxy) is 1. The molecule has 0 bridgehead atoms. The van der Waals surface area contributed by atoms with E-state index in [-0.39, 0.29) is 12.6 Å². The Labute approximate surface area is 125 Å². The maximum Gasteiger partial charge on any atom is 0.391 e. The first-order chi connectivity index (χ1) is 10.3. The fourth-order valence-electron chi connectivity index (χ4n) is 2.84. The van der Waals surface area contributed by atoms with Gasteiger partial charge in [-0.2, -0.15) is 18.3 Å². The molecule has 1 aromatic heterocycles. The molecule has 1 fully saturated rings. The van der Waals surface area contributed by atoms with Gasteiger partial charge in [0.2, 0.25) is 0 Å². The third kappa shape index (κ3) is 3.03. The van der Waals surface area contributed by atoms with Crippen LogP contribution in [0.3, 0.4) is 0 Å². The van der Waals surface area contributed by atoms with Gasteiger partial charge in [0.15, 0.2) is 5.82 Å². The molecule has 3 rings (SSSR count). The molecule has 0 aliphatic carbocycles. The number of morpholine rings is 1. The molecule has 1 saturated heterocycles. The van der Waals surface area contributed by atoms with E-state index >= 15 is 0 Å². The summed E-state index contributed by atoms with van der Waals surface area (Å²) >= 11 is 0. The van der Waals surface area contributed by atoms with Crippen LogP contribution in [0.2, 0.25) is 0 Å². The fourth-order valence-corrected chi connectivity index (χ4v) is 2.84. The summed E-state index contributed by atoms with van der Waals surface area (Å²) in [5.41, 5.74) is 0.298. The first-order valence-corrected chi connectivity index (χ1v) is 7.13. The summed E-state index contributed by atoms with van der Waals surface area (Å²) in [5.74, 6) is 0.0915. The van der Waals surface area contributed by atoms with Crippen molar-refractivity contribution in [1.82, 2.24) is 15.1 Å². The number of anilines is 1. The SMILES string of the molecule is C[C@@H]1COCCN1c1cc2n(n1)C[C@H](CC(F)(F)F)NC2=O. The predicted octanol–water partition coefficient (Wildman–Crippen LogP) is 1.17. The monoisotopic (exact) mass is 318 g/mol. The number of nitrogens with one attached hydrogen (secondary N) is 1. The van der Waals surface area contributed by atoms with Gasteiger partial charge in [-0.1, -0.05) is 0 Å². The molecule has 0 unspecified atom stereocenters. The Hall–Kier alpha value is -1.77. The highest BCUT2D eigenvalue weighted by Crippen LogP contribution is 2.26. The molecule has 1 amide bonds. The Balaban J connectivity index is 1.80. The lowest BCUT2D eigenvalue weighted by Gasteiger charge is -2.33. The van der Waals surface area contributed by atoms with Crippen LogP contribution < -0.4 is 10.2 Å². The van der Waals surface area contributed by atoms with E-state index in [0.717, 1.165) is 0 Å². The molecule has 1 aromatic rings. The van der Waals surface area contributed by atoms with E-state index in [0.29, 0.717) is 31.3 Å². The van der Waals surface area contributed by atoms with Crippen LogP contribution in [0.5, 0.6) is 0 Å². The third-order valence-electron chi connectivity index (χ3n) is 3.87. The minimum atomic E-state index is -4.32. The Morgan fingerprint density at radius 2 is 2.27 bits per heavy atom. The first-order valence-electron chi connectivity index (χ1n) is 7.13. The lowest BCUT2D eigenvalue weighted by Crippen LogP contribution is -2.46. The Bertz CT molecular complexity index is 572. The highest BCUT2D eigenvalue weighted by Gasteiger charge is 2.36. The summed E-state index contributed by atoms with van der Waals surface area (Å²) in [4.78, 5) is 14.0. The van der Waals surface area contributed by atoms with E-state index in [1.165, 1.54) is 4.68 Å². The average molecular weight is 318 g/mol. The molecular weight excluding hydrogens is 301 g/mol. The number of halogens is 3. The van der Waals surface area contributed by atoms with Gasteiger partial charge in [0.25, 0.3) is 5.91 Å². The number of carbonyl (C=O) groups excluding carboxylic acids is 1. The van der Waals surface area contributed by atoms with Crippen LogP contribution in [0, 0.1) is 0 Å². The zero-order valence-corrected chi connectivity index (χ0v) is 12.1. The van der Waals surface area contributed by atoms with Crippen molar-refractivity contribution < 1.29 is 22.7 Å². The topological polar surface area (TPSA) is 59.4 Å². The van der Waals surface area contributed by atoms with Crippen LogP contribution in [-0.2, 0) is 11.3 Å². The van der Waals surface area contributed by atoms with Crippen molar-refractivity contribution >= 4 is 11.7 Å². The van der Waals surface area contributed by atoms with Gasteiger partial charge in [0.05, 0.1) is 38.3 Å². The van der Waals surface area contributed by atoms with E-state index in [2.05, 4.69) is 10.4 Å². The van der Waals surface area contributed by atoms with Crippen LogP contribution in [0.15, 0.2) is 6.07 Å². The number of nitrogens with zero attached hydrogens (tertiary/aromatic N) is 3. The second-order valence-electron chi connectivity index (χ2n) is 5.68. The van der Waals surface area contributed by atoms with Gasteiger partial charge < -0.3 is 15.0 Å². The number of amides is 1. The zero-order valence-electron chi connectivity index (χ0n) is 12.1. The van der Waals surface area contributed by atoms with Crippen LogP contribution >= 0.6 is 0 Å². The predicted molar refractivity (Wildman–Crippen MR) is 71.8 cm³/mol. The fraction of sp³-hybridized carbons (Fsp3) is 0.692. The molecule has 2 aliphatic rings. The lowest BCUT2D eigenvalue weighted by atomic mass is 10.1. The van der Waals surface area contributed by atoms with Gasteiger partial charge in [-0.3, -0.25) is 9.48 Å². The molecule has 122 valence electrons. The van der Waals surface area contributed by atoms with Crippen molar-refractivity contribution in [2.45, 2.75) is 38.1 Å². The Morgan fingerprint density at radius 1 is 1.50 bits per heavy atom. The molecule has 3 heterocycles. The van der Waals surface area contributed by atoms with Crippen molar-refractivity contribution in [3.8, 4) is 0 Å². The first kappa shape index (κ1) is 15.1. The summed E-state index contributed by atoms with van der Waals surface area (Å²) in [5, 5.41) is 6.71. The van der Waals surface area contributed by atoms with Crippen LogP contribution in [0.4, 0.5) is 19.0 Å². The second-order valence-corrected chi connectivity index (χ2v) is 5.68. The van der Waals surface area contributed by atoms with Gasteiger partial charge >= 0.3 is 6.18 Å². The highest BCUT2D eigenvalue weighted by atomic mass is 19.4. The number of aromatic nitrogens is 2. The molecule has 22 heavy (non-hydrogen) atoms. The molecular formula is C13H17F3N4O2. The molecule has 6 nitrogen and oxygen atoms in total. The normalized spacial score (nSPS) is 25.8. The van der Waals surface area contributed by atoms with E-state index in [1.54, 1.807) is 6.07 Å². The molecule has 0 aromatic carbocycles. The number of hydrogen-bond donors (Lipinski definition) is 1. The molecule has 0 spiro atoms. The van der Waals surface area contributed by atoms with Crippen LogP contribution in [-0.4, -0.2) is 53.7 Å². The zero-order chi connectivity index (χ0) is 15.9. The standard InChI is InChI=1S/C13H17F3N4O2/c1-8-7-22-3-2-19(8)11-4-10-12(21)17-9(5-13(14,15)16)6-20(10)18-11/h4,8-9H,2-3,5-7H2,1H3,(H,17,21)/t8-,9+/m1/s1. The molecule has 2 aliphatic heterocycles. The lowest BCUT2D eigenvalue weighted by molar-refractivity contribution is -0.140. The Morgan fingerprint density at radius 3 is 2.95 bits per heavy atom. The Kier molecular flexibility index (Phi) is 3.75. The molecule has 1 N–H and O–H groups in total. The van der Waals surface area contributed by atoms with Gasteiger partial charge in [-0.05, 0) is 6.92 Å². The van der Waals surface area contributed by atoms with E-state index in [4.69, 9.17) is 4.74 Å². The number of carbonyl (C=O) groups is 1. The van der Waals surface area contributed by atoms with Crippen molar-refractivity contribution in [2.75, 3.05) is 24.7 Å². The second kappa shape index (κ2) is 5.45. The van der Waals surface area contributed by atoms with Crippen molar-refractivity contribution in [3.63, 3.8) is 0 Å². The third-order valence-corrected chi connectivity index (χ3v) is 3.87. The number of fused-ring (bicyclic) bond motifs is 1. The minimum Gasteiger partial charge on any atom is -0.377 e. The minimum absolute atomic E-state index is 0.0271. The van der Waals surface area contributed by atoms with Crippen LogP contribution in [0.1, 0.15) is 23.8 Å².